The van der Waals surface area contributed by atoms with Gasteiger partial charge in [0.05, 0.1) is 30.5 Å². The van der Waals surface area contributed by atoms with Crippen molar-refractivity contribution in [1.82, 2.24) is 15.3 Å². The van der Waals surface area contributed by atoms with Crippen LogP contribution in [-0.2, 0) is 0 Å². The van der Waals surface area contributed by atoms with Crippen LogP contribution in [0.3, 0.4) is 0 Å². The topological polar surface area (TPSA) is 109 Å². The summed E-state index contributed by atoms with van der Waals surface area (Å²) < 4.78 is 10.6. The van der Waals surface area contributed by atoms with Gasteiger partial charge in [-0.2, -0.15) is 5.26 Å². The van der Waals surface area contributed by atoms with Gasteiger partial charge in [0.2, 0.25) is 5.95 Å². The first-order valence-corrected chi connectivity index (χ1v) is 8.83. The number of para-hydroxylation sites is 1. The van der Waals surface area contributed by atoms with E-state index >= 15 is 0 Å². The van der Waals surface area contributed by atoms with E-state index in [1.165, 1.54) is 12.4 Å². The molecule has 0 unspecified atom stereocenters. The van der Waals surface area contributed by atoms with Gasteiger partial charge in [-0.05, 0) is 36.4 Å². The summed E-state index contributed by atoms with van der Waals surface area (Å²) >= 11 is 0. The van der Waals surface area contributed by atoms with Gasteiger partial charge in [0.15, 0.2) is 0 Å². The number of amides is 1. The SMILES string of the molecule is COc1ccc(OCCNC(=O)c2cnc(Nc3ccccc3C#N)nc2)cc1. The fourth-order valence-electron chi connectivity index (χ4n) is 2.43. The number of aromatic nitrogens is 2. The Balaban J connectivity index is 1.48. The number of ether oxygens (including phenoxy) is 2. The van der Waals surface area contributed by atoms with Crippen molar-refractivity contribution < 1.29 is 14.3 Å². The highest BCUT2D eigenvalue weighted by atomic mass is 16.5. The number of hydrogen-bond acceptors (Lipinski definition) is 7. The van der Waals surface area contributed by atoms with Gasteiger partial charge in [-0.3, -0.25) is 4.79 Å². The summed E-state index contributed by atoms with van der Waals surface area (Å²) in [6.07, 6.45) is 2.84. The number of benzene rings is 2. The second-order valence-corrected chi connectivity index (χ2v) is 5.86. The number of nitriles is 1. The Hall–Kier alpha value is -4.12. The van der Waals surface area contributed by atoms with Gasteiger partial charge < -0.3 is 20.1 Å². The molecule has 3 aromatic rings. The minimum atomic E-state index is -0.299. The van der Waals surface area contributed by atoms with E-state index in [9.17, 15) is 4.79 Å². The van der Waals surface area contributed by atoms with Crippen LogP contribution in [0.25, 0.3) is 0 Å². The maximum atomic E-state index is 12.2. The summed E-state index contributed by atoms with van der Waals surface area (Å²) in [6, 6.07) is 16.3. The Bertz CT molecular complexity index is 998. The number of carbonyl (C=O) groups excluding carboxylic acids is 1. The molecule has 0 spiro atoms. The first-order valence-electron chi connectivity index (χ1n) is 8.83. The summed E-state index contributed by atoms with van der Waals surface area (Å²) in [5.74, 6) is 1.44. The number of rotatable bonds is 8. The fraction of sp³-hybridized carbons (Fsp3) is 0.143. The van der Waals surface area contributed by atoms with Crippen LogP contribution in [0.1, 0.15) is 15.9 Å². The van der Waals surface area contributed by atoms with E-state index in [-0.39, 0.29) is 5.91 Å². The Morgan fingerprint density at radius 2 is 1.76 bits per heavy atom. The number of anilines is 2. The largest absolute Gasteiger partial charge is 0.497 e. The average molecular weight is 389 g/mol. The number of hydrogen-bond donors (Lipinski definition) is 2. The van der Waals surface area contributed by atoms with Crippen LogP contribution in [-0.4, -0.2) is 36.1 Å². The smallest absolute Gasteiger partial charge is 0.254 e. The maximum absolute atomic E-state index is 12.2. The van der Waals surface area contributed by atoms with Crippen molar-refractivity contribution in [1.29, 1.82) is 5.26 Å². The van der Waals surface area contributed by atoms with Gasteiger partial charge in [-0.15, -0.1) is 0 Å². The monoisotopic (exact) mass is 389 g/mol. The molecule has 146 valence electrons. The fourth-order valence-corrected chi connectivity index (χ4v) is 2.43. The first kappa shape index (κ1) is 19.6. The van der Waals surface area contributed by atoms with Crippen molar-refractivity contribution in [3.05, 3.63) is 72.1 Å². The highest BCUT2D eigenvalue weighted by molar-refractivity contribution is 5.93. The predicted molar refractivity (Wildman–Crippen MR) is 107 cm³/mol. The van der Waals surface area contributed by atoms with Crippen LogP contribution < -0.4 is 20.1 Å². The standard InChI is InChI=1S/C21H19N5O3/c1-28-17-6-8-18(9-7-17)29-11-10-23-20(27)16-13-24-21(25-14-16)26-19-5-3-2-4-15(19)12-22/h2-9,13-14H,10-11H2,1H3,(H,23,27)(H,24,25,26). The molecule has 3 rings (SSSR count). The molecule has 1 amide bonds. The second-order valence-electron chi connectivity index (χ2n) is 5.86. The Kier molecular flexibility index (Phi) is 6.58. The predicted octanol–water partition coefficient (Wildman–Crippen LogP) is 2.91. The molecule has 0 aliphatic rings. The van der Waals surface area contributed by atoms with Gasteiger partial charge in [-0.1, -0.05) is 12.1 Å². The lowest BCUT2D eigenvalue weighted by atomic mass is 10.2. The van der Waals surface area contributed by atoms with Crippen LogP contribution in [0, 0.1) is 11.3 Å². The third-order valence-electron chi connectivity index (χ3n) is 3.92. The minimum absolute atomic E-state index is 0.298. The van der Waals surface area contributed by atoms with Crippen molar-refractivity contribution in [3.8, 4) is 17.6 Å². The first-order chi connectivity index (χ1) is 14.2. The molecule has 0 fully saturated rings. The van der Waals surface area contributed by atoms with Crippen LogP contribution in [0.15, 0.2) is 60.9 Å². The highest BCUT2D eigenvalue weighted by Gasteiger charge is 2.08. The molecular formula is C21H19N5O3. The van der Waals surface area contributed by atoms with Crippen LogP contribution in [0.2, 0.25) is 0 Å². The molecule has 0 aliphatic heterocycles. The van der Waals surface area contributed by atoms with E-state index in [2.05, 4.69) is 26.7 Å². The normalized spacial score (nSPS) is 9.93. The maximum Gasteiger partial charge on any atom is 0.254 e. The Morgan fingerprint density at radius 3 is 2.45 bits per heavy atom. The van der Waals surface area contributed by atoms with E-state index in [0.717, 1.165) is 5.75 Å². The van der Waals surface area contributed by atoms with E-state index in [1.54, 1.807) is 55.6 Å². The molecule has 29 heavy (non-hydrogen) atoms. The highest BCUT2D eigenvalue weighted by Crippen LogP contribution is 2.18. The van der Waals surface area contributed by atoms with E-state index < -0.39 is 0 Å². The number of nitrogens with zero attached hydrogens (tertiary/aromatic N) is 3. The molecule has 8 nitrogen and oxygen atoms in total. The number of carbonyl (C=O) groups is 1. The molecule has 1 heterocycles. The van der Waals surface area contributed by atoms with Gasteiger partial charge in [0, 0.05) is 12.4 Å². The third kappa shape index (κ3) is 5.43. The summed E-state index contributed by atoms with van der Waals surface area (Å²) in [4.78, 5) is 20.4. The van der Waals surface area contributed by atoms with Gasteiger partial charge in [0.25, 0.3) is 5.91 Å². The molecule has 2 aromatic carbocycles. The van der Waals surface area contributed by atoms with Crippen LogP contribution in [0.5, 0.6) is 11.5 Å². The van der Waals surface area contributed by atoms with E-state index in [1.807, 2.05) is 0 Å². The van der Waals surface area contributed by atoms with E-state index in [4.69, 9.17) is 14.7 Å². The molecule has 2 N–H and O–H groups in total. The lowest BCUT2D eigenvalue weighted by Crippen LogP contribution is -2.28. The Labute approximate surface area is 168 Å². The molecule has 0 bridgehead atoms. The second kappa shape index (κ2) is 9.71. The van der Waals surface area contributed by atoms with E-state index in [0.29, 0.717) is 41.7 Å². The third-order valence-corrected chi connectivity index (χ3v) is 3.92. The van der Waals surface area contributed by atoms with Crippen molar-refractivity contribution in [3.63, 3.8) is 0 Å². The zero-order valence-corrected chi connectivity index (χ0v) is 15.8. The van der Waals surface area contributed by atoms with Crippen LogP contribution in [0.4, 0.5) is 11.6 Å². The van der Waals surface area contributed by atoms with Crippen molar-refractivity contribution >= 4 is 17.5 Å². The van der Waals surface area contributed by atoms with Gasteiger partial charge in [-0.25, -0.2) is 9.97 Å². The van der Waals surface area contributed by atoms with Crippen molar-refractivity contribution in [2.24, 2.45) is 0 Å². The summed E-state index contributed by atoms with van der Waals surface area (Å²) in [7, 11) is 1.60. The van der Waals surface area contributed by atoms with Gasteiger partial charge >= 0.3 is 0 Å². The number of nitrogens with one attached hydrogen (secondary N) is 2. The zero-order chi connectivity index (χ0) is 20.5. The molecule has 0 saturated carbocycles. The molecule has 0 atom stereocenters. The molecular weight excluding hydrogens is 370 g/mol. The molecule has 0 radical (unpaired) electrons. The van der Waals surface area contributed by atoms with Crippen molar-refractivity contribution in [2.75, 3.05) is 25.6 Å². The summed E-state index contributed by atoms with van der Waals surface area (Å²) in [5.41, 5.74) is 1.41. The molecule has 8 heteroatoms. The summed E-state index contributed by atoms with van der Waals surface area (Å²) in [6.45, 7) is 0.657. The quantitative estimate of drug-likeness (QED) is 0.570. The molecule has 1 aromatic heterocycles. The molecule has 0 saturated heterocycles. The van der Waals surface area contributed by atoms with Crippen molar-refractivity contribution in [2.45, 2.75) is 0 Å². The summed E-state index contributed by atoms with van der Waals surface area (Å²) in [5, 5.41) is 14.8. The minimum Gasteiger partial charge on any atom is -0.497 e. The average Bonchev–Trinajstić information content (AvgIpc) is 2.78. The zero-order valence-electron chi connectivity index (χ0n) is 15.8. The number of methoxy groups -OCH3 is 1. The Morgan fingerprint density at radius 1 is 1.07 bits per heavy atom. The molecule has 0 aliphatic carbocycles. The lowest BCUT2D eigenvalue weighted by Gasteiger charge is -2.09. The van der Waals surface area contributed by atoms with Crippen LogP contribution >= 0.6 is 0 Å². The van der Waals surface area contributed by atoms with Gasteiger partial charge in [0.1, 0.15) is 24.2 Å². The lowest BCUT2D eigenvalue weighted by molar-refractivity contribution is 0.0946.